The Balaban J connectivity index is 1.42. The van der Waals surface area contributed by atoms with Gasteiger partial charge in [-0.3, -0.25) is 0 Å². The maximum Gasteiger partial charge on any atom is 0.323 e. The summed E-state index contributed by atoms with van der Waals surface area (Å²) < 4.78 is 16.8. The molecule has 0 aliphatic heterocycles. The molecule has 11 heteroatoms. The molecule has 3 aromatic carbocycles. The number of hydrogen-bond acceptors (Lipinski definition) is 9. The summed E-state index contributed by atoms with van der Waals surface area (Å²) in [6.07, 6.45) is 3.06. The highest BCUT2D eigenvalue weighted by Gasteiger charge is 2.16. The number of urea groups is 1. The molecule has 0 radical (unpaired) electrons. The molecular formula is C28H25N7O4. The first-order chi connectivity index (χ1) is 19.1. The molecule has 3 N–H and O–H groups in total. The summed E-state index contributed by atoms with van der Waals surface area (Å²) in [7, 11) is 4.83. The number of pyridine rings is 1. The fourth-order valence-corrected chi connectivity index (χ4v) is 3.93. The topological polar surface area (TPSA) is 132 Å². The smallest absolute Gasteiger partial charge is 0.323 e. The minimum Gasteiger partial charge on any atom is -0.497 e. The summed E-state index contributed by atoms with van der Waals surface area (Å²) in [5.74, 6) is 2.86. The van der Waals surface area contributed by atoms with Gasteiger partial charge in [0, 0.05) is 47.9 Å². The first-order valence-corrected chi connectivity index (χ1v) is 11.9. The number of aromatic nitrogens is 4. The molecule has 0 bridgehead atoms. The number of carbonyl (C=O) groups excluding carboxylic acids is 1. The summed E-state index contributed by atoms with van der Waals surface area (Å²) in [6.45, 7) is 0. The summed E-state index contributed by atoms with van der Waals surface area (Å²) in [5.41, 5.74) is 1.73. The van der Waals surface area contributed by atoms with Crippen LogP contribution in [0.5, 0.6) is 23.1 Å². The minimum atomic E-state index is -0.425. The van der Waals surface area contributed by atoms with Gasteiger partial charge in [-0.15, -0.1) is 0 Å². The Kier molecular flexibility index (Phi) is 7.30. The van der Waals surface area contributed by atoms with Crippen LogP contribution in [0.15, 0.2) is 79.3 Å². The maximum absolute atomic E-state index is 12.9. The number of fused-ring (bicyclic) bond motifs is 1. The van der Waals surface area contributed by atoms with Gasteiger partial charge in [-0.2, -0.15) is 4.98 Å². The maximum atomic E-state index is 12.9. The zero-order valence-electron chi connectivity index (χ0n) is 21.4. The molecular weight excluding hydrogens is 498 g/mol. The number of nitrogens with one attached hydrogen (secondary N) is 3. The number of benzene rings is 3. The average Bonchev–Trinajstić information content (AvgIpc) is 2.98. The van der Waals surface area contributed by atoms with Gasteiger partial charge >= 0.3 is 6.03 Å². The molecule has 2 amide bonds. The van der Waals surface area contributed by atoms with Gasteiger partial charge in [0.15, 0.2) is 5.82 Å². The van der Waals surface area contributed by atoms with E-state index in [-0.39, 0.29) is 0 Å². The lowest BCUT2D eigenvalue weighted by molar-refractivity contribution is 0.262. The van der Waals surface area contributed by atoms with Gasteiger partial charge in [0.2, 0.25) is 11.8 Å². The Labute approximate surface area is 224 Å². The van der Waals surface area contributed by atoms with Crippen LogP contribution < -0.4 is 30.2 Å². The van der Waals surface area contributed by atoms with Crippen LogP contribution in [0.25, 0.3) is 22.2 Å². The highest BCUT2D eigenvalue weighted by Crippen LogP contribution is 2.36. The van der Waals surface area contributed by atoms with E-state index in [1.807, 2.05) is 30.3 Å². The molecule has 2 heterocycles. The van der Waals surface area contributed by atoms with Crippen molar-refractivity contribution in [3.8, 4) is 34.5 Å². The molecule has 0 saturated carbocycles. The number of anilines is 3. The predicted molar refractivity (Wildman–Crippen MR) is 149 cm³/mol. The largest absolute Gasteiger partial charge is 0.497 e. The summed E-state index contributed by atoms with van der Waals surface area (Å²) >= 11 is 0. The van der Waals surface area contributed by atoms with Crippen LogP contribution in [-0.4, -0.2) is 47.2 Å². The van der Waals surface area contributed by atoms with Crippen molar-refractivity contribution in [1.82, 2.24) is 19.9 Å². The van der Waals surface area contributed by atoms with Crippen LogP contribution in [-0.2, 0) is 0 Å². The van der Waals surface area contributed by atoms with E-state index in [9.17, 15) is 4.79 Å². The minimum absolute atomic E-state index is 0.335. The molecule has 5 aromatic rings. The van der Waals surface area contributed by atoms with Crippen LogP contribution >= 0.6 is 0 Å². The molecule has 2 aromatic heterocycles. The van der Waals surface area contributed by atoms with Crippen molar-refractivity contribution >= 4 is 34.1 Å². The lowest BCUT2D eigenvalue weighted by Crippen LogP contribution is -2.19. The van der Waals surface area contributed by atoms with Crippen molar-refractivity contribution < 1.29 is 19.0 Å². The molecule has 196 valence electrons. The Morgan fingerprint density at radius 3 is 2.33 bits per heavy atom. The lowest BCUT2D eigenvalue weighted by atomic mass is 10.1. The first kappa shape index (κ1) is 25.2. The van der Waals surface area contributed by atoms with Crippen LogP contribution in [0.3, 0.4) is 0 Å². The summed E-state index contributed by atoms with van der Waals surface area (Å²) in [5, 5.41) is 10.2. The van der Waals surface area contributed by atoms with Gasteiger partial charge in [0.1, 0.15) is 23.6 Å². The van der Waals surface area contributed by atoms with E-state index >= 15 is 0 Å². The van der Waals surface area contributed by atoms with Crippen molar-refractivity contribution in [2.45, 2.75) is 0 Å². The molecule has 0 unspecified atom stereocenters. The van der Waals surface area contributed by atoms with Crippen LogP contribution in [0.1, 0.15) is 0 Å². The summed E-state index contributed by atoms with van der Waals surface area (Å²) in [4.78, 5) is 30.0. The van der Waals surface area contributed by atoms with E-state index in [4.69, 9.17) is 14.2 Å². The van der Waals surface area contributed by atoms with Crippen LogP contribution in [0.2, 0.25) is 0 Å². The van der Waals surface area contributed by atoms with E-state index in [1.165, 1.54) is 6.33 Å². The average molecular weight is 524 g/mol. The normalized spacial score (nSPS) is 10.5. The number of rotatable bonds is 8. The number of amides is 2. The third-order valence-corrected chi connectivity index (χ3v) is 5.76. The van der Waals surface area contributed by atoms with Crippen molar-refractivity contribution in [3.63, 3.8) is 0 Å². The van der Waals surface area contributed by atoms with Crippen LogP contribution in [0.4, 0.5) is 22.1 Å². The lowest BCUT2D eigenvalue weighted by Gasteiger charge is -2.15. The first-order valence-electron chi connectivity index (χ1n) is 11.9. The SMILES string of the molecule is CNc1ncnc(-c2cccnc2Oc2ccc(NC(=O)Nc3cc(OC)cc(OC)c3)c3ccccc23)n1. The quantitative estimate of drug-likeness (QED) is 0.238. The van der Waals surface area contributed by atoms with E-state index in [0.29, 0.717) is 51.8 Å². The second kappa shape index (κ2) is 11.3. The third kappa shape index (κ3) is 5.62. The number of hydrogen-bond donors (Lipinski definition) is 3. The molecule has 0 saturated heterocycles. The Morgan fingerprint density at radius 1 is 0.821 bits per heavy atom. The second-order valence-corrected chi connectivity index (χ2v) is 8.18. The molecule has 0 aliphatic rings. The van der Waals surface area contributed by atoms with Crippen molar-refractivity contribution in [2.24, 2.45) is 0 Å². The third-order valence-electron chi connectivity index (χ3n) is 5.76. The standard InChI is InChI=1S/C28H25N7O4/c1-29-27-32-16-31-25(35-27)22-9-6-12-30-26(22)39-24-11-10-23(20-7-4-5-8-21(20)24)34-28(36)33-17-13-18(37-2)15-19(14-17)38-3/h4-16H,1-3H3,(H2,33,34,36)(H,29,31,32,35). The number of nitrogens with zero attached hydrogens (tertiary/aromatic N) is 4. The van der Waals surface area contributed by atoms with Gasteiger partial charge in [-0.1, -0.05) is 24.3 Å². The highest BCUT2D eigenvalue weighted by atomic mass is 16.5. The van der Waals surface area contributed by atoms with Gasteiger partial charge in [0.25, 0.3) is 0 Å². The molecule has 0 fully saturated rings. The zero-order valence-corrected chi connectivity index (χ0v) is 21.4. The number of carbonyl (C=O) groups is 1. The monoisotopic (exact) mass is 523 g/mol. The van der Waals surface area contributed by atoms with E-state index < -0.39 is 6.03 Å². The highest BCUT2D eigenvalue weighted by molar-refractivity contribution is 6.07. The molecule has 11 nitrogen and oxygen atoms in total. The van der Waals surface area contributed by atoms with Gasteiger partial charge < -0.3 is 30.2 Å². The van der Waals surface area contributed by atoms with Crippen LogP contribution in [0, 0.1) is 0 Å². The number of ether oxygens (including phenoxy) is 3. The predicted octanol–water partition coefficient (Wildman–Crippen LogP) is 5.58. The summed E-state index contributed by atoms with van der Waals surface area (Å²) in [6, 6.07) is 19.5. The number of methoxy groups -OCH3 is 2. The van der Waals surface area contributed by atoms with Crippen molar-refractivity contribution in [1.29, 1.82) is 0 Å². The fraction of sp³-hybridized carbons (Fsp3) is 0.107. The molecule has 39 heavy (non-hydrogen) atoms. The Morgan fingerprint density at radius 2 is 1.59 bits per heavy atom. The fourth-order valence-electron chi connectivity index (χ4n) is 3.93. The Bertz CT molecular complexity index is 1620. The van der Waals surface area contributed by atoms with E-state index in [0.717, 1.165) is 10.8 Å². The van der Waals surface area contributed by atoms with Crippen molar-refractivity contribution in [3.05, 3.63) is 79.3 Å². The zero-order chi connectivity index (χ0) is 27.2. The van der Waals surface area contributed by atoms with Crippen molar-refractivity contribution in [2.75, 3.05) is 37.2 Å². The molecule has 0 aliphatic carbocycles. The molecule has 0 atom stereocenters. The van der Waals surface area contributed by atoms with Gasteiger partial charge in [0.05, 0.1) is 25.5 Å². The van der Waals surface area contributed by atoms with E-state index in [1.54, 1.807) is 63.9 Å². The molecule has 5 rings (SSSR count). The van der Waals surface area contributed by atoms with Gasteiger partial charge in [-0.25, -0.2) is 19.7 Å². The molecule has 0 spiro atoms. The second-order valence-electron chi connectivity index (χ2n) is 8.18. The van der Waals surface area contributed by atoms with Gasteiger partial charge in [-0.05, 0) is 24.3 Å². The van der Waals surface area contributed by atoms with E-state index in [2.05, 4.69) is 35.9 Å². The Hall–Kier alpha value is -5.45.